The van der Waals surface area contributed by atoms with Crippen LogP contribution in [0, 0.1) is 5.92 Å². The largest absolute Gasteiger partial charge is 0.345 e. The van der Waals surface area contributed by atoms with E-state index in [4.69, 9.17) is 0 Å². The van der Waals surface area contributed by atoms with E-state index in [0.29, 0.717) is 37.2 Å². The highest BCUT2D eigenvalue weighted by Crippen LogP contribution is 2.23. The van der Waals surface area contributed by atoms with Crippen LogP contribution in [0.15, 0.2) is 24.3 Å². The summed E-state index contributed by atoms with van der Waals surface area (Å²) in [5.74, 6) is -0.540. The average Bonchev–Trinajstić information content (AvgIpc) is 2.61. The molecule has 0 radical (unpaired) electrons. The van der Waals surface area contributed by atoms with Gasteiger partial charge in [0.25, 0.3) is 5.91 Å². The minimum atomic E-state index is -3.21. The maximum atomic E-state index is 12.5. The molecule has 8 heteroatoms. The zero-order valence-corrected chi connectivity index (χ0v) is 15.7. The summed E-state index contributed by atoms with van der Waals surface area (Å²) >= 11 is 0. The fourth-order valence-electron chi connectivity index (χ4n) is 2.83. The summed E-state index contributed by atoms with van der Waals surface area (Å²) in [6.45, 7) is 2.33. The van der Waals surface area contributed by atoms with Crippen molar-refractivity contribution in [3.63, 3.8) is 0 Å². The van der Waals surface area contributed by atoms with Gasteiger partial charge in [-0.1, -0.05) is 12.1 Å². The van der Waals surface area contributed by atoms with E-state index >= 15 is 0 Å². The SMILES string of the molecule is CCS(=O)(=O)N1CCC(C(=O)Nc2ccccc2C(=O)N(C)C)CC1. The van der Waals surface area contributed by atoms with Crippen molar-refractivity contribution in [2.24, 2.45) is 5.92 Å². The summed E-state index contributed by atoms with van der Waals surface area (Å²) in [7, 11) is 0.110. The zero-order valence-electron chi connectivity index (χ0n) is 14.9. The van der Waals surface area contributed by atoms with Crippen LogP contribution < -0.4 is 5.32 Å². The van der Waals surface area contributed by atoms with Crippen LogP contribution in [0.1, 0.15) is 30.1 Å². The molecule has 0 bridgehead atoms. The van der Waals surface area contributed by atoms with Gasteiger partial charge in [-0.3, -0.25) is 9.59 Å². The highest BCUT2D eigenvalue weighted by atomic mass is 32.2. The monoisotopic (exact) mass is 367 g/mol. The predicted octanol–water partition coefficient (Wildman–Crippen LogP) is 1.39. The van der Waals surface area contributed by atoms with Crippen LogP contribution in [0.5, 0.6) is 0 Å². The highest BCUT2D eigenvalue weighted by Gasteiger charge is 2.30. The van der Waals surface area contributed by atoms with Crippen LogP contribution in [0.4, 0.5) is 5.69 Å². The molecule has 2 amide bonds. The van der Waals surface area contributed by atoms with E-state index in [1.807, 2.05) is 0 Å². The quantitative estimate of drug-likeness (QED) is 0.852. The number of para-hydroxylation sites is 1. The Bertz CT molecular complexity index is 738. The lowest BCUT2D eigenvalue weighted by atomic mass is 9.97. The van der Waals surface area contributed by atoms with Gasteiger partial charge in [0.15, 0.2) is 0 Å². The smallest absolute Gasteiger partial charge is 0.255 e. The molecule has 7 nitrogen and oxygen atoms in total. The van der Waals surface area contributed by atoms with Crippen molar-refractivity contribution in [3.05, 3.63) is 29.8 Å². The van der Waals surface area contributed by atoms with E-state index in [1.165, 1.54) is 9.21 Å². The molecule has 0 saturated carbocycles. The van der Waals surface area contributed by atoms with E-state index in [-0.39, 0.29) is 23.5 Å². The molecule has 0 spiro atoms. The van der Waals surface area contributed by atoms with Gasteiger partial charge in [-0.2, -0.15) is 0 Å². The average molecular weight is 367 g/mol. The molecule has 1 aromatic rings. The van der Waals surface area contributed by atoms with Gasteiger partial charge in [-0.15, -0.1) is 0 Å². The first kappa shape index (κ1) is 19.4. The Morgan fingerprint density at radius 1 is 1.20 bits per heavy atom. The standard InChI is InChI=1S/C17H25N3O4S/c1-4-25(23,24)20-11-9-13(10-12-20)16(21)18-15-8-6-5-7-14(15)17(22)19(2)3/h5-8,13H,4,9-12H2,1-3H3,(H,18,21). The lowest BCUT2D eigenvalue weighted by Crippen LogP contribution is -2.42. The molecule has 0 unspecified atom stereocenters. The van der Waals surface area contributed by atoms with Gasteiger partial charge in [-0.25, -0.2) is 12.7 Å². The number of nitrogens with zero attached hydrogens (tertiary/aromatic N) is 2. The second-order valence-electron chi connectivity index (χ2n) is 6.31. The van der Waals surface area contributed by atoms with Gasteiger partial charge >= 0.3 is 0 Å². The molecule has 0 atom stereocenters. The van der Waals surface area contributed by atoms with Crippen molar-refractivity contribution < 1.29 is 18.0 Å². The van der Waals surface area contributed by atoms with Crippen LogP contribution in [0.2, 0.25) is 0 Å². The summed E-state index contributed by atoms with van der Waals surface area (Å²) in [4.78, 5) is 26.2. The van der Waals surface area contributed by atoms with E-state index in [0.717, 1.165) is 0 Å². The molecule has 0 aliphatic carbocycles. The first-order chi connectivity index (χ1) is 11.8. The minimum absolute atomic E-state index is 0.0733. The molecule has 138 valence electrons. The van der Waals surface area contributed by atoms with Crippen molar-refractivity contribution in [3.8, 4) is 0 Å². The number of anilines is 1. The van der Waals surface area contributed by atoms with Gasteiger partial charge in [-0.05, 0) is 31.9 Å². The Balaban J connectivity index is 2.04. The maximum Gasteiger partial charge on any atom is 0.255 e. The van der Waals surface area contributed by atoms with E-state index in [1.54, 1.807) is 45.3 Å². The first-order valence-corrected chi connectivity index (χ1v) is 9.96. The third kappa shape index (κ3) is 4.58. The fourth-order valence-corrected chi connectivity index (χ4v) is 3.97. The van der Waals surface area contributed by atoms with Crippen LogP contribution in [-0.2, 0) is 14.8 Å². The first-order valence-electron chi connectivity index (χ1n) is 8.35. The summed E-state index contributed by atoms with van der Waals surface area (Å²) < 4.78 is 25.2. The molecule has 0 aromatic heterocycles. The number of benzene rings is 1. The molecule has 1 saturated heterocycles. The van der Waals surface area contributed by atoms with Gasteiger partial charge in [0.2, 0.25) is 15.9 Å². The molecule has 1 aliphatic rings. The Morgan fingerprint density at radius 2 is 1.80 bits per heavy atom. The molecular formula is C17H25N3O4S. The zero-order chi connectivity index (χ0) is 18.6. The normalized spacial score (nSPS) is 16.4. The second-order valence-corrected chi connectivity index (χ2v) is 8.57. The number of carbonyl (C=O) groups is 2. The van der Waals surface area contributed by atoms with Gasteiger partial charge in [0, 0.05) is 33.1 Å². The van der Waals surface area contributed by atoms with Crippen molar-refractivity contribution in [2.75, 3.05) is 38.3 Å². The number of piperidine rings is 1. The third-order valence-corrected chi connectivity index (χ3v) is 6.29. The van der Waals surface area contributed by atoms with Gasteiger partial charge in [0.05, 0.1) is 17.0 Å². The van der Waals surface area contributed by atoms with Crippen LogP contribution >= 0.6 is 0 Å². The van der Waals surface area contributed by atoms with Crippen molar-refractivity contribution >= 4 is 27.5 Å². The Hall–Kier alpha value is -1.93. The molecule has 25 heavy (non-hydrogen) atoms. The highest BCUT2D eigenvalue weighted by molar-refractivity contribution is 7.89. The molecule has 1 N–H and O–H groups in total. The van der Waals surface area contributed by atoms with Crippen molar-refractivity contribution in [2.45, 2.75) is 19.8 Å². The van der Waals surface area contributed by atoms with Crippen molar-refractivity contribution in [1.29, 1.82) is 0 Å². The summed E-state index contributed by atoms with van der Waals surface area (Å²) in [6, 6.07) is 6.89. The number of hydrogen-bond acceptors (Lipinski definition) is 4. The maximum absolute atomic E-state index is 12.5. The number of carbonyl (C=O) groups excluding carboxylic acids is 2. The lowest BCUT2D eigenvalue weighted by Gasteiger charge is -2.30. The molecule has 2 rings (SSSR count). The molecule has 1 heterocycles. The van der Waals surface area contributed by atoms with Crippen molar-refractivity contribution in [1.82, 2.24) is 9.21 Å². The number of nitrogens with one attached hydrogen (secondary N) is 1. The Labute approximate surface area is 149 Å². The molecule has 1 aliphatic heterocycles. The second kappa shape index (κ2) is 7.97. The minimum Gasteiger partial charge on any atom is -0.345 e. The van der Waals surface area contributed by atoms with E-state index in [2.05, 4.69) is 5.32 Å². The summed E-state index contributed by atoms with van der Waals surface area (Å²) in [6.07, 6.45) is 0.962. The molecule has 1 aromatic carbocycles. The van der Waals surface area contributed by atoms with E-state index in [9.17, 15) is 18.0 Å². The van der Waals surface area contributed by atoms with Gasteiger partial charge in [0.1, 0.15) is 0 Å². The summed E-state index contributed by atoms with van der Waals surface area (Å²) in [5.41, 5.74) is 0.918. The Morgan fingerprint density at radius 3 is 2.36 bits per heavy atom. The fraction of sp³-hybridized carbons (Fsp3) is 0.529. The van der Waals surface area contributed by atoms with Crippen LogP contribution in [0.25, 0.3) is 0 Å². The summed E-state index contributed by atoms with van der Waals surface area (Å²) in [5, 5.41) is 2.83. The number of hydrogen-bond donors (Lipinski definition) is 1. The number of amides is 2. The predicted molar refractivity (Wildman–Crippen MR) is 96.8 cm³/mol. The van der Waals surface area contributed by atoms with Crippen LogP contribution in [-0.4, -0.2) is 62.4 Å². The number of rotatable bonds is 5. The number of sulfonamides is 1. The topological polar surface area (TPSA) is 86.8 Å². The van der Waals surface area contributed by atoms with E-state index < -0.39 is 10.0 Å². The molecular weight excluding hydrogens is 342 g/mol. The Kier molecular flexibility index (Phi) is 6.18. The molecule has 1 fully saturated rings. The lowest BCUT2D eigenvalue weighted by molar-refractivity contribution is -0.120. The van der Waals surface area contributed by atoms with Gasteiger partial charge < -0.3 is 10.2 Å². The van der Waals surface area contributed by atoms with Crippen LogP contribution in [0.3, 0.4) is 0 Å². The third-order valence-electron chi connectivity index (χ3n) is 4.40.